The van der Waals surface area contributed by atoms with Crippen LogP contribution in [-0.2, 0) is 14.4 Å². The maximum absolute atomic E-state index is 13.3. The molecule has 0 radical (unpaired) electrons. The zero-order chi connectivity index (χ0) is 25.4. The van der Waals surface area contributed by atoms with Crippen LogP contribution in [0, 0.1) is 33.1 Å². The zero-order valence-corrected chi connectivity index (χ0v) is 21.5. The fraction of sp³-hybridized carbons (Fsp3) is 0.308. The fourth-order valence-corrected chi connectivity index (χ4v) is 5.87. The van der Waals surface area contributed by atoms with Crippen molar-refractivity contribution in [1.29, 1.82) is 0 Å². The summed E-state index contributed by atoms with van der Waals surface area (Å²) < 4.78 is 25.4. The Morgan fingerprint density at radius 3 is 2.56 bits per heavy atom. The molecule has 2 fully saturated rings. The number of hydrogen-bond donors (Lipinski definition) is 1. The van der Waals surface area contributed by atoms with Crippen molar-refractivity contribution in [2.45, 2.75) is 13.3 Å². The predicted octanol–water partition coefficient (Wildman–Crippen LogP) is 3.99. The molecule has 36 heavy (non-hydrogen) atoms. The van der Waals surface area contributed by atoms with Crippen LogP contribution in [0.1, 0.15) is 18.9 Å². The molecule has 186 valence electrons. The van der Waals surface area contributed by atoms with Gasteiger partial charge in [0.2, 0.25) is 0 Å². The summed E-state index contributed by atoms with van der Waals surface area (Å²) in [6.45, 7) is 1.86. The van der Waals surface area contributed by atoms with Crippen molar-refractivity contribution in [3.8, 4) is 11.5 Å². The Morgan fingerprint density at radius 1 is 1.17 bits per heavy atom. The molecular formula is C26H23FIN3O5. The average Bonchev–Trinajstić information content (AvgIpc) is 3.51. The molecule has 8 nitrogen and oxygen atoms in total. The average molecular weight is 603 g/mol. The van der Waals surface area contributed by atoms with Gasteiger partial charge in [0.25, 0.3) is 17.7 Å². The first-order valence-corrected chi connectivity index (χ1v) is 12.7. The van der Waals surface area contributed by atoms with Crippen molar-refractivity contribution in [3.05, 3.63) is 63.5 Å². The summed E-state index contributed by atoms with van der Waals surface area (Å²) in [5.74, 6) is -1.01. The fourth-order valence-electron chi connectivity index (χ4n) is 5.09. The summed E-state index contributed by atoms with van der Waals surface area (Å²) in [6.07, 6.45) is 6.40. The van der Waals surface area contributed by atoms with Crippen LogP contribution >= 0.6 is 22.6 Å². The lowest BCUT2D eigenvalue weighted by Crippen LogP contribution is -2.28. The molecule has 10 heteroatoms. The molecule has 2 bridgehead atoms. The molecule has 0 unspecified atom stereocenters. The molecule has 4 atom stereocenters. The van der Waals surface area contributed by atoms with Gasteiger partial charge in [-0.25, -0.2) is 4.39 Å². The molecule has 1 saturated heterocycles. The van der Waals surface area contributed by atoms with Crippen LogP contribution in [-0.4, -0.2) is 42.2 Å². The number of carbonyl (C=O) groups excluding carboxylic acids is 3. The van der Waals surface area contributed by atoms with Gasteiger partial charge in [-0.2, -0.15) is 10.1 Å². The second-order valence-corrected chi connectivity index (χ2v) is 10.0. The van der Waals surface area contributed by atoms with E-state index in [1.165, 1.54) is 24.4 Å². The molecule has 0 aromatic heterocycles. The van der Waals surface area contributed by atoms with E-state index in [-0.39, 0.29) is 42.1 Å². The first-order chi connectivity index (χ1) is 17.4. The molecular weight excluding hydrogens is 580 g/mol. The number of ether oxygens (including phenoxy) is 2. The number of hydrazone groups is 1. The SMILES string of the molecule is CCOc1cc(C=NN2C(=O)[C@@H]3[C@H](C2=O)[C@H]2C=C[C@H]3C2)cc(I)c1OCC(=O)Nc1cccc(F)c1. The highest BCUT2D eigenvalue weighted by molar-refractivity contribution is 14.1. The number of imide groups is 1. The Morgan fingerprint density at radius 2 is 1.89 bits per heavy atom. The highest BCUT2D eigenvalue weighted by atomic mass is 127. The topological polar surface area (TPSA) is 97.3 Å². The zero-order valence-electron chi connectivity index (χ0n) is 19.3. The molecule has 2 aliphatic carbocycles. The number of anilines is 1. The van der Waals surface area contributed by atoms with Crippen molar-refractivity contribution in [1.82, 2.24) is 5.01 Å². The van der Waals surface area contributed by atoms with Gasteiger partial charge in [0.15, 0.2) is 18.1 Å². The van der Waals surface area contributed by atoms with Crippen molar-refractivity contribution in [3.63, 3.8) is 0 Å². The van der Waals surface area contributed by atoms with Gasteiger partial charge in [0.1, 0.15) is 5.82 Å². The highest BCUT2D eigenvalue weighted by Crippen LogP contribution is 2.52. The Kier molecular flexibility index (Phi) is 6.78. The highest BCUT2D eigenvalue weighted by Gasteiger charge is 2.59. The summed E-state index contributed by atoms with van der Waals surface area (Å²) in [5.41, 5.74) is 0.937. The largest absolute Gasteiger partial charge is 0.490 e. The monoisotopic (exact) mass is 603 g/mol. The standard InChI is InChI=1S/C26H23FIN3O5/c1-2-35-20-9-14(12-29-31-25(33)22-15-6-7-16(10-15)23(22)26(31)34)8-19(28)24(20)36-13-21(32)30-18-5-3-4-17(27)11-18/h3-9,11-12,15-16,22-23H,2,10,13H2,1H3,(H,30,32)/t15-,16-,22-,23+/m0/s1. The van der Waals surface area contributed by atoms with E-state index in [0.29, 0.717) is 32.9 Å². The van der Waals surface area contributed by atoms with Crippen LogP contribution in [0.3, 0.4) is 0 Å². The second kappa shape index (κ2) is 10.00. The third-order valence-corrected chi connectivity index (χ3v) is 7.36. The minimum absolute atomic E-state index is 0.122. The van der Waals surface area contributed by atoms with Crippen LogP contribution < -0.4 is 14.8 Å². The van der Waals surface area contributed by atoms with Crippen LogP contribution in [0.15, 0.2) is 53.7 Å². The lowest BCUT2D eigenvalue weighted by atomic mass is 9.85. The Hall–Kier alpha value is -3.28. The van der Waals surface area contributed by atoms with Gasteiger partial charge in [0.05, 0.1) is 28.2 Å². The Bertz CT molecular complexity index is 1270. The first-order valence-electron chi connectivity index (χ1n) is 11.6. The summed E-state index contributed by atoms with van der Waals surface area (Å²) in [6, 6.07) is 9.01. The Balaban J connectivity index is 1.28. The number of rotatable bonds is 8. The lowest BCUT2D eigenvalue weighted by molar-refractivity contribution is -0.140. The van der Waals surface area contributed by atoms with Gasteiger partial charge >= 0.3 is 0 Å². The van der Waals surface area contributed by atoms with Gasteiger partial charge in [-0.3, -0.25) is 14.4 Å². The van der Waals surface area contributed by atoms with Crippen molar-refractivity contribution in [2.24, 2.45) is 28.8 Å². The van der Waals surface area contributed by atoms with E-state index in [9.17, 15) is 18.8 Å². The van der Waals surface area contributed by atoms with Crippen LogP contribution in [0.25, 0.3) is 0 Å². The molecule has 3 aliphatic rings. The number of carbonyl (C=O) groups is 3. The van der Waals surface area contributed by atoms with E-state index >= 15 is 0 Å². The molecule has 1 saturated carbocycles. The van der Waals surface area contributed by atoms with Crippen LogP contribution in [0.5, 0.6) is 11.5 Å². The molecule has 2 aromatic carbocycles. The van der Waals surface area contributed by atoms with E-state index < -0.39 is 11.7 Å². The van der Waals surface area contributed by atoms with Crippen molar-refractivity contribution < 1.29 is 28.2 Å². The number of hydrogen-bond acceptors (Lipinski definition) is 6. The quantitative estimate of drug-likeness (QED) is 0.213. The second-order valence-electron chi connectivity index (χ2n) is 8.84. The van der Waals surface area contributed by atoms with Gasteiger partial charge < -0.3 is 14.8 Å². The third kappa shape index (κ3) is 4.61. The van der Waals surface area contributed by atoms with Crippen molar-refractivity contribution in [2.75, 3.05) is 18.5 Å². The first kappa shape index (κ1) is 24.4. The van der Waals surface area contributed by atoms with Crippen molar-refractivity contribution >= 4 is 52.2 Å². The van der Waals surface area contributed by atoms with E-state index in [0.717, 1.165) is 11.4 Å². The van der Waals surface area contributed by atoms with E-state index in [1.54, 1.807) is 18.2 Å². The van der Waals surface area contributed by atoms with E-state index in [1.807, 2.05) is 19.1 Å². The van der Waals surface area contributed by atoms with Gasteiger partial charge in [0, 0.05) is 5.69 Å². The summed E-state index contributed by atoms with van der Waals surface area (Å²) in [5, 5.41) is 7.80. The predicted molar refractivity (Wildman–Crippen MR) is 138 cm³/mol. The molecule has 1 N–H and O–H groups in total. The molecule has 3 amide bonds. The Labute approximate surface area is 220 Å². The van der Waals surface area contributed by atoms with Gasteiger partial charge in [-0.05, 0) is 83.7 Å². The number of nitrogens with zero attached hydrogens (tertiary/aromatic N) is 2. The summed E-state index contributed by atoms with van der Waals surface area (Å²) >= 11 is 2.05. The third-order valence-electron chi connectivity index (χ3n) is 6.56. The maximum Gasteiger partial charge on any atom is 0.262 e. The lowest BCUT2D eigenvalue weighted by Gasteiger charge is -2.15. The summed E-state index contributed by atoms with van der Waals surface area (Å²) in [4.78, 5) is 38.0. The number of allylic oxidation sites excluding steroid dienone is 2. The normalized spacial score (nSPS) is 24.0. The number of nitrogens with one attached hydrogen (secondary N) is 1. The van der Waals surface area contributed by atoms with Crippen LogP contribution in [0.4, 0.5) is 10.1 Å². The number of benzene rings is 2. The van der Waals surface area contributed by atoms with Gasteiger partial charge in [-0.1, -0.05) is 18.2 Å². The smallest absolute Gasteiger partial charge is 0.262 e. The van der Waals surface area contributed by atoms with Gasteiger partial charge in [-0.15, -0.1) is 0 Å². The number of amides is 3. The summed E-state index contributed by atoms with van der Waals surface area (Å²) in [7, 11) is 0. The minimum atomic E-state index is -0.455. The minimum Gasteiger partial charge on any atom is -0.490 e. The molecule has 1 aliphatic heterocycles. The maximum atomic E-state index is 13.3. The van der Waals surface area contributed by atoms with E-state index in [4.69, 9.17) is 9.47 Å². The molecule has 0 spiro atoms. The molecule has 1 heterocycles. The molecule has 5 rings (SSSR count). The van der Waals surface area contributed by atoms with Crippen LogP contribution in [0.2, 0.25) is 0 Å². The molecule has 2 aromatic rings. The number of fused-ring (bicyclic) bond motifs is 5. The van der Waals surface area contributed by atoms with E-state index in [2.05, 4.69) is 33.0 Å². The number of halogens is 2.